The smallest absolute Gasteiger partial charge is 0.273 e. The number of rotatable bonds is 8. The van der Waals surface area contributed by atoms with Gasteiger partial charge in [0.2, 0.25) is 0 Å². The lowest BCUT2D eigenvalue weighted by molar-refractivity contribution is 0.0943. The van der Waals surface area contributed by atoms with E-state index in [1.807, 2.05) is 13.8 Å². The minimum atomic E-state index is -0.309. The van der Waals surface area contributed by atoms with Crippen molar-refractivity contribution in [2.24, 2.45) is 5.41 Å². The Labute approximate surface area is 140 Å². The van der Waals surface area contributed by atoms with E-state index in [1.54, 1.807) is 12.1 Å². The monoisotopic (exact) mass is 334 g/mol. The fourth-order valence-electron chi connectivity index (χ4n) is 2.24. The first-order valence-corrected chi connectivity index (χ1v) is 7.93. The minimum Gasteiger partial charge on any atom is -0.396 e. The van der Waals surface area contributed by atoms with E-state index in [-0.39, 0.29) is 29.4 Å². The fraction of sp³-hybridized carbons (Fsp3) is 0.471. The van der Waals surface area contributed by atoms with Gasteiger partial charge < -0.3 is 10.4 Å². The standard InChI is InChI=1S/C17H23FN4O2/c1-17(2,12-23)7-4-8-19-16(24)15-11-22(21-20-15)10-13-5-3-6-14(18)9-13/h3,5-6,9,11,23H,4,7-8,10,12H2,1-2H3,(H,19,24). The van der Waals surface area contributed by atoms with Crippen LogP contribution in [-0.4, -0.2) is 39.2 Å². The predicted octanol–water partition coefficient (Wildman–Crippen LogP) is 1.99. The number of nitrogens with one attached hydrogen (secondary N) is 1. The Morgan fingerprint density at radius 1 is 1.42 bits per heavy atom. The Morgan fingerprint density at radius 2 is 2.21 bits per heavy atom. The van der Waals surface area contributed by atoms with Crippen molar-refractivity contribution in [2.75, 3.05) is 13.2 Å². The number of hydrogen-bond acceptors (Lipinski definition) is 4. The summed E-state index contributed by atoms with van der Waals surface area (Å²) in [6.45, 7) is 4.94. The topological polar surface area (TPSA) is 80.0 Å². The third kappa shape index (κ3) is 5.42. The molecule has 0 aliphatic heterocycles. The highest BCUT2D eigenvalue weighted by atomic mass is 19.1. The molecule has 0 atom stereocenters. The molecule has 0 fully saturated rings. The molecule has 1 amide bonds. The second-order valence-electron chi connectivity index (χ2n) is 6.61. The van der Waals surface area contributed by atoms with Crippen molar-refractivity contribution in [2.45, 2.75) is 33.2 Å². The highest BCUT2D eigenvalue weighted by Gasteiger charge is 2.16. The largest absolute Gasteiger partial charge is 0.396 e. The van der Waals surface area contributed by atoms with Crippen molar-refractivity contribution in [3.05, 3.63) is 47.5 Å². The van der Waals surface area contributed by atoms with Gasteiger partial charge in [0.15, 0.2) is 5.69 Å². The average Bonchev–Trinajstić information content (AvgIpc) is 3.00. The molecule has 0 saturated carbocycles. The third-order valence-electron chi connectivity index (χ3n) is 3.75. The third-order valence-corrected chi connectivity index (χ3v) is 3.75. The van der Waals surface area contributed by atoms with Gasteiger partial charge in [-0.1, -0.05) is 31.2 Å². The van der Waals surface area contributed by atoms with Gasteiger partial charge >= 0.3 is 0 Å². The van der Waals surface area contributed by atoms with Crippen LogP contribution < -0.4 is 5.32 Å². The Kier molecular flexibility index (Phi) is 6.03. The van der Waals surface area contributed by atoms with Gasteiger partial charge in [-0.2, -0.15) is 0 Å². The summed E-state index contributed by atoms with van der Waals surface area (Å²) in [5.41, 5.74) is 0.838. The first-order valence-electron chi connectivity index (χ1n) is 7.93. The summed E-state index contributed by atoms with van der Waals surface area (Å²) in [4.78, 5) is 12.0. The second-order valence-corrected chi connectivity index (χ2v) is 6.61. The van der Waals surface area contributed by atoms with E-state index in [4.69, 9.17) is 0 Å². The molecule has 1 heterocycles. The Morgan fingerprint density at radius 3 is 2.92 bits per heavy atom. The van der Waals surface area contributed by atoms with Gasteiger partial charge in [-0.05, 0) is 36.0 Å². The molecular formula is C17H23FN4O2. The maximum atomic E-state index is 13.2. The van der Waals surface area contributed by atoms with Gasteiger partial charge in [0.1, 0.15) is 5.82 Å². The summed E-state index contributed by atoms with van der Waals surface area (Å²) in [6, 6.07) is 6.21. The van der Waals surface area contributed by atoms with E-state index in [0.717, 1.165) is 18.4 Å². The number of aliphatic hydroxyl groups excluding tert-OH is 1. The van der Waals surface area contributed by atoms with Crippen molar-refractivity contribution < 1.29 is 14.3 Å². The summed E-state index contributed by atoms with van der Waals surface area (Å²) in [5, 5.41) is 19.7. The average molecular weight is 334 g/mol. The van der Waals surface area contributed by atoms with Gasteiger partial charge in [0, 0.05) is 13.2 Å². The molecule has 2 aromatic rings. The van der Waals surface area contributed by atoms with Crippen LogP contribution in [0.1, 0.15) is 42.7 Å². The number of carbonyl (C=O) groups is 1. The maximum absolute atomic E-state index is 13.2. The molecule has 0 saturated heterocycles. The molecule has 1 aromatic heterocycles. The molecule has 6 nitrogen and oxygen atoms in total. The van der Waals surface area contributed by atoms with E-state index >= 15 is 0 Å². The van der Waals surface area contributed by atoms with E-state index in [0.29, 0.717) is 13.1 Å². The van der Waals surface area contributed by atoms with Crippen LogP contribution in [0, 0.1) is 11.2 Å². The van der Waals surface area contributed by atoms with Crippen molar-refractivity contribution in [3.63, 3.8) is 0 Å². The molecule has 2 N–H and O–H groups in total. The SMILES string of the molecule is CC(C)(CO)CCCNC(=O)c1cn(Cc2cccc(F)c2)nn1. The first-order chi connectivity index (χ1) is 11.4. The number of amides is 1. The number of halogens is 1. The van der Waals surface area contributed by atoms with Gasteiger partial charge in [0.05, 0.1) is 12.7 Å². The Hall–Kier alpha value is -2.28. The highest BCUT2D eigenvalue weighted by molar-refractivity contribution is 5.91. The van der Waals surface area contributed by atoms with Crippen molar-refractivity contribution in [1.82, 2.24) is 20.3 Å². The number of aliphatic hydroxyl groups is 1. The lowest BCUT2D eigenvalue weighted by Crippen LogP contribution is -2.26. The molecule has 1 aromatic carbocycles. The molecule has 130 valence electrons. The lowest BCUT2D eigenvalue weighted by Gasteiger charge is -2.21. The van der Waals surface area contributed by atoms with Crippen LogP contribution in [0.4, 0.5) is 4.39 Å². The molecule has 0 spiro atoms. The number of hydrogen-bond donors (Lipinski definition) is 2. The number of nitrogens with zero attached hydrogens (tertiary/aromatic N) is 3. The summed E-state index contributed by atoms with van der Waals surface area (Å²) in [7, 11) is 0. The lowest BCUT2D eigenvalue weighted by atomic mass is 9.89. The fourth-order valence-corrected chi connectivity index (χ4v) is 2.24. The van der Waals surface area contributed by atoms with Crippen LogP contribution in [0.2, 0.25) is 0 Å². The zero-order valence-corrected chi connectivity index (χ0v) is 14.0. The summed E-state index contributed by atoms with van der Waals surface area (Å²) in [5.74, 6) is -0.598. The summed E-state index contributed by atoms with van der Waals surface area (Å²) < 4.78 is 14.7. The van der Waals surface area contributed by atoms with Crippen LogP contribution in [0.25, 0.3) is 0 Å². The molecule has 0 radical (unpaired) electrons. The highest BCUT2D eigenvalue weighted by Crippen LogP contribution is 2.20. The predicted molar refractivity (Wildman–Crippen MR) is 88.0 cm³/mol. The Balaban J connectivity index is 1.83. The first kappa shape index (κ1) is 18.1. The Bertz CT molecular complexity index is 685. The summed E-state index contributed by atoms with van der Waals surface area (Å²) >= 11 is 0. The van der Waals surface area contributed by atoms with Gasteiger partial charge in [0.25, 0.3) is 5.91 Å². The molecular weight excluding hydrogens is 311 g/mol. The number of aromatic nitrogens is 3. The molecule has 2 rings (SSSR count). The number of carbonyl (C=O) groups excluding carboxylic acids is 1. The van der Waals surface area contributed by atoms with Gasteiger partial charge in [-0.3, -0.25) is 4.79 Å². The normalized spacial score (nSPS) is 11.5. The minimum absolute atomic E-state index is 0.120. The van der Waals surface area contributed by atoms with Crippen LogP contribution in [-0.2, 0) is 6.54 Å². The molecule has 24 heavy (non-hydrogen) atoms. The van der Waals surface area contributed by atoms with Crippen molar-refractivity contribution >= 4 is 5.91 Å². The molecule has 0 bridgehead atoms. The zero-order chi connectivity index (χ0) is 17.6. The van der Waals surface area contributed by atoms with Gasteiger partial charge in [-0.15, -0.1) is 5.10 Å². The molecule has 0 unspecified atom stereocenters. The maximum Gasteiger partial charge on any atom is 0.273 e. The number of benzene rings is 1. The van der Waals surface area contributed by atoms with E-state index in [1.165, 1.54) is 23.0 Å². The zero-order valence-electron chi connectivity index (χ0n) is 14.0. The van der Waals surface area contributed by atoms with Gasteiger partial charge in [-0.25, -0.2) is 9.07 Å². The van der Waals surface area contributed by atoms with Crippen LogP contribution in [0.5, 0.6) is 0 Å². The van der Waals surface area contributed by atoms with Crippen LogP contribution in [0.15, 0.2) is 30.5 Å². The second kappa shape index (κ2) is 8.01. The van der Waals surface area contributed by atoms with Crippen LogP contribution >= 0.6 is 0 Å². The van der Waals surface area contributed by atoms with E-state index in [9.17, 15) is 14.3 Å². The van der Waals surface area contributed by atoms with E-state index in [2.05, 4.69) is 15.6 Å². The molecule has 0 aliphatic rings. The quantitative estimate of drug-likeness (QED) is 0.724. The van der Waals surface area contributed by atoms with E-state index < -0.39 is 0 Å². The van der Waals surface area contributed by atoms with Crippen molar-refractivity contribution in [3.8, 4) is 0 Å². The van der Waals surface area contributed by atoms with Crippen LogP contribution in [0.3, 0.4) is 0 Å². The molecule has 7 heteroatoms. The molecule has 0 aliphatic carbocycles. The summed E-state index contributed by atoms with van der Waals surface area (Å²) in [6.07, 6.45) is 3.13. The van der Waals surface area contributed by atoms with Crippen molar-refractivity contribution in [1.29, 1.82) is 0 Å².